The topological polar surface area (TPSA) is 45.1 Å². The van der Waals surface area contributed by atoms with Crippen molar-refractivity contribution >= 4 is 23.1 Å². The van der Waals surface area contributed by atoms with E-state index < -0.39 is 5.60 Å². The van der Waals surface area contributed by atoms with Crippen LogP contribution in [0, 0.1) is 6.92 Å². The van der Waals surface area contributed by atoms with Crippen LogP contribution in [0.25, 0.3) is 0 Å². The standard InChI is InChI=1S/C11H20N2OS2/c1-8(10-5-16-9(2)13-10)12-6-11(3,14)7-15-4/h5,8,12,14H,6-7H2,1-4H3. The van der Waals surface area contributed by atoms with Crippen molar-refractivity contribution in [1.82, 2.24) is 10.3 Å². The number of thioether (sulfide) groups is 1. The SMILES string of the molecule is CSCC(C)(O)CNC(C)c1csc(C)n1. The Morgan fingerprint density at radius 2 is 2.38 bits per heavy atom. The normalized spacial score (nSPS) is 17.1. The number of aliphatic hydroxyl groups is 1. The van der Waals surface area contributed by atoms with Crippen molar-refractivity contribution < 1.29 is 5.11 Å². The summed E-state index contributed by atoms with van der Waals surface area (Å²) in [6.07, 6.45) is 2.00. The molecule has 2 unspecified atom stereocenters. The Morgan fingerprint density at radius 3 is 2.88 bits per heavy atom. The molecule has 0 fully saturated rings. The summed E-state index contributed by atoms with van der Waals surface area (Å²) in [5.41, 5.74) is 0.404. The van der Waals surface area contributed by atoms with Crippen molar-refractivity contribution in [2.24, 2.45) is 0 Å². The second-order valence-corrected chi connectivity index (χ2v) is 6.25. The molecule has 0 radical (unpaired) electrons. The molecule has 1 rings (SSSR count). The lowest BCUT2D eigenvalue weighted by molar-refractivity contribution is 0.0819. The van der Waals surface area contributed by atoms with Crippen molar-refractivity contribution in [3.05, 3.63) is 16.1 Å². The van der Waals surface area contributed by atoms with Crippen molar-refractivity contribution in [3.63, 3.8) is 0 Å². The minimum absolute atomic E-state index is 0.193. The maximum Gasteiger partial charge on any atom is 0.0898 e. The summed E-state index contributed by atoms with van der Waals surface area (Å²) in [4.78, 5) is 4.43. The molecule has 3 nitrogen and oxygen atoms in total. The van der Waals surface area contributed by atoms with Gasteiger partial charge in [-0.2, -0.15) is 11.8 Å². The number of rotatable bonds is 6. The fourth-order valence-electron chi connectivity index (χ4n) is 1.42. The van der Waals surface area contributed by atoms with E-state index in [1.807, 2.05) is 20.1 Å². The number of aromatic nitrogens is 1. The lowest BCUT2D eigenvalue weighted by Gasteiger charge is -2.24. The van der Waals surface area contributed by atoms with E-state index >= 15 is 0 Å². The first-order valence-electron chi connectivity index (χ1n) is 5.31. The average Bonchev–Trinajstić information content (AvgIpc) is 2.61. The predicted octanol–water partition coefficient (Wildman–Crippen LogP) is 2.22. The third kappa shape index (κ3) is 4.41. The summed E-state index contributed by atoms with van der Waals surface area (Å²) in [5, 5.41) is 16.5. The van der Waals surface area contributed by atoms with Crippen molar-refractivity contribution in [2.75, 3.05) is 18.6 Å². The Balaban J connectivity index is 2.43. The van der Waals surface area contributed by atoms with E-state index in [0.717, 1.165) is 16.5 Å². The second-order valence-electron chi connectivity index (χ2n) is 4.32. The Labute approximate surface area is 106 Å². The van der Waals surface area contributed by atoms with Crippen LogP contribution < -0.4 is 5.32 Å². The van der Waals surface area contributed by atoms with Gasteiger partial charge in [0, 0.05) is 23.7 Å². The molecule has 0 saturated heterocycles. The highest BCUT2D eigenvalue weighted by Crippen LogP contribution is 2.17. The molecule has 0 aliphatic heterocycles. The Bertz CT molecular complexity index is 326. The van der Waals surface area contributed by atoms with Crippen LogP contribution in [-0.2, 0) is 0 Å². The summed E-state index contributed by atoms with van der Waals surface area (Å²) >= 11 is 3.32. The Morgan fingerprint density at radius 1 is 1.69 bits per heavy atom. The summed E-state index contributed by atoms with van der Waals surface area (Å²) in [7, 11) is 0. The molecule has 0 bridgehead atoms. The molecule has 92 valence electrons. The number of hydrogen-bond acceptors (Lipinski definition) is 5. The molecular formula is C11H20N2OS2. The van der Waals surface area contributed by atoms with Crippen LogP contribution in [0.1, 0.15) is 30.6 Å². The van der Waals surface area contributed by atoms with E-state index in [-0.39, 0.29) is 6.04 Å². The lowest BCUT2D eigenvalue weighted by Crippen LogP contribution is -2.40. The van der Waals surface area contributed by atoms with Gasteiger partial charge in [0.1, 0.15) is 0 Å². The van der Waals surface area contributed by atoms with Gasteiger partial charge in [-0.3, -0.25) is 0 Å². The maximum atomic E-state index is 10.0. The van der Waals surface area contributed by atoms with Crippen LogP contribution in [0.4, 0.5) is 0 Å². The average molecular weight is 260 g/mol. The summed E-state index contributed by atoms with van der Waals surface area (Å²) in [5.74, 6) is 0.739. The smallest absolute Gasteiger partial charge is 0.0898 e. The molecule has 0 aliphatic rings. The molecule has 2 atom stereocenters. The van der Waals surface area contributed by atoms with Gasteiger partial charge < -0.3 is 10.4 Å². The van der Waals surface area contributed by atoms with Crippen LogP contribution in [0.2, 0.25) is 0 Å². The second kappa shape index (κ2) is 6.00. The number of nitrogens with zero attached hydrogens (tertiary/aromatic N) is 1. The first kappa shape index (κ1) is 14.0. The zero-order chi connectivity index (χ0) is 12.2. The van der Waals surface area contributed by atoms with Gasteiger partial charge in [-0.1, -0.05) is 0 Å². The third-order valence-corrected chi connectivity index (χ3v) is 4.03. The van der Waals surface area contributed by atoms with Crippen molar-refractivity contribution in [3.8, 4) is 0 Å². The van der Waals surface area contributed by atoms with Gasteiger partial charge in [-0.25, -0.2) is 4.98 Å². The number of hydrogen-bond donors (Lipinski definition) is 2. The predicted molar refractivity (Wildman–Crippen MR) is 72.3 cm³/mol. The van der Waals surface area contributed by atoms with Crippen LogP contribution in [0.3, 0.4) is 0 Å². The molecule has 2 N–H and O–H groups in total. The highest BCUT2D eigenvalue weighted by molar-refractivity contribution is 7.98. The molecule has 1 heterocycles. The number of nitrogens with one attached hydrogen (secondary N) is 1. The monoisotopic (exact) mass is 260 g/mol. The molecular weight excluding hydrogens is 240 g/mol. The van der Waals surface area contributed by atoms with Crippen LogP contribution >= 0.6 is 23.1 Å². The van der Waals surface area contributed by atoms with E-state index in [9.17, 15) is 5.11 Å². The van der Waals surface area contributed by atoms with E-state index in [4.69, 9.17) is 0 Å². The van der Waals surface area contributed by atoms with Crippen molar-refractivity contribution in [1.29, 1.82) is 0 Å². The molecule has 0 aromatic carbocycles. The minimum atomic E-state index is -0.654. The highest BCUT2D eigenvalue weighted by atomic mass is 32.2. The van der Waals surface area contributed by atoms with Gasteiger partial charge in [0.05, 0.1) is 16.3 Å². The maximum absolute atomic E-state index is 10.0. The lowest BCUT2D eigenvalue weighted by atomic mass is 10.1. The quantitative estimate of drug-likeness (QED) is 0.823. The van der Waals surface area contributed by atoms with E-state index in [2.05, 4.69) is 22.6 Å². The molecule has 1 aromatic rings. The number of thiazole rings is 1. The largest absolute Gasteiger partial charge is 0.388 e. The summed E-state index contributed by atoms with van der Waals surface area (Å²) in [6.45, 7) is 6.52. The van der Waals surface area contributed by atoms with Gasteiger partial charge in [-0.05, 0) is 27.0 Å². The molecule has 0 amide bonds. The van der Waals surface area contributed by atoms with Crippen LogP contribution in [-0.4, -0.2) is 34.2 Å². The summed E-state index contributed by atoms with van der Waals surface area (Å²) < 4.78 is 0. The Kier molecular flexibility index (Phi) is 5.24. The third-order valence-electron chi connectivity index (χ3n) is 2.32. The fraction of sp³-hybridized carbons (Fsp3) is 0.727. The zero-order valence-corrected chi connectivity index (χ0v) is 11.9. The molecule has 5 heteroatoms. The molecule has 0 saturated carbocycles. The Hall–Kier alpha value is -0.100. The minimum Gasteiger partial charge on any atom is -0.388 e. The van der Waals surface area contributed by atoms with Gasteiger partial charge >= 0.3 is 0 Å². The van der Waals surface area contributed by atoms with Gasteiger partial charge in [0.15, 0.2) is 0 Å². The van der Waals surface area contributed by atoms with Gasteiger partial charge in [0.2, 0.25) is 0 Å². The zero-order valence-electron chi connectivity index (χ0n) is 10.3. The highest BCUT2D eigenvalue weighted by Gasteiger charge is 2.20. The van der Waals surface area contributed by atoms with Crippen molar-refractivity contribution in [2.45, 2.75) is 32.4 Å². The van der Waals surface area contributed by atoms with Crippen LogP contribution in [0.5, 0.6) is 0 Å². The molecule has 0 aliphatic carbocycles. The van der Waals surface area contributed by atoms with Crippen LogP contribution in [0.15, 0.2) is 5.38 Å². The molecule has 1 aromatic heterocycles. The molecule has 0 spiro atoms. The van der Waals surface area contributed by atoms with E-state index in [1.165, 1.54) is 0 Å². The summed E-state index contributed by atoms with van der Waals surface area (Å²) in [6, 6.07) is 0.193. The first-order chi connectivity index (χ1) is 7.44. The van der Waals surface area contributed by atoms with Gasteiger partial charge in [-0.15, -0.1) is 11.3 Å². The van der Waals surface area contributed by atoms with Gasteiger partial charge in [0.25, 0.3) is 0 Å². The van der Waals surface area contributed by atoms with E-state index in [0.29, 0.717) is 6.54 Å². The first-order valence-corrected chi connectivity index (χ1v) is 7.59. The molecule has 16 heavy (non-hydrogen) atoms. The fourth-order valence-corrected chi connectivity index (χ4v) is 2.85. The number of aryl methyl sites for hydroxylation is 1. The van der Waals surface area contributed by atoms with E-state index in [1.54, 1.807) is 23.1 Å².